The lowest BCUT2D eigenvalue weighted by Crippen LogP contribution is -2.30. The quantitative estimate of drug-likeness (QED) is 0.595. The maximum atomic E-state index is 12.2. The molecule has 0 spiro atoms. The van der Waals surface area contributed by atoms with E-state index in [0.29, 0.717) is 16.5 Å². The predicted octanol–water partition coefficient (Wildman–Crippen LogP) is 3.76. The second-order valence-electron chi connectivity index (χ2n) is 5.91. The van der Waals surface area contributed by atoms with E-state index in [4.69, 9.17) is 20.8 Å². The van der Waals surface area contributed by atoms with Crippen LogP contribution < -0.4 is 10.6 Å². The van der Waals surface area contributed by atoms with Crippen molar-refractivity contribution >= 4 is 40.9 Å². The Morgan fingerprint density at radius 3 is 2.45 bits per heavy atom. The highest BCUT2D eigenvalue weighted by molar-refractivity contribution is 6.30. The Morgan fingerprint density at radius 2 is 1.83 bits per heavy atom. The second kappa shape index (κ2) is 9.03. The van der Waals surface area contributed by atoms with Gasteiger partial charge in [0.2, 0.25) is 0 Å². The number of carbonyl (C=O) groups is 3. The Balaban J connectivity index is 1.54. The molecule has 2 N–H and O–H groups in total. The number of hydrogen-bond donors (Lipinski definition) is 2. The molecular weight excluding hydrogens is 398 g/mol. The molecule has 2 heterocycles. The van der Waals surface area contributed by atoms with Crippen molar-refractivity contribution in [2.75, 3.05) is 10.6 Å². The van der Waals surface area contributed by atoms with Crippen molar-refractivity contribution in [3.63, 3.8) is 0 Å². The number of halogens is 1. The van der Waals surface area contributed by atoms with Crippen molar-refractivity contribution in [1.29, 1.82) is 0 Å². The second-order valence-corrected chi connectivity index (χ2v) is 6.34. The largest absolute Gasteiger partial charge is 0.459 e. The molecule has 8 nitrogen and oxygen atoms in total. The zero-order chi connectivity index (χ0) is 20.8. The van der Waals surface area contributed by atoms with E-state index in [9.17, 15) is 14.4 Å². The Labute approximate surface area is 170 Å². The number of pyridine rings is 1. The number of hydrogen-bond acceptors (Lipinski definition) is 6. The number of rotatable bonds is 6. The molecular formula is C20H16ClN3O5. The number of furan rings is 1. The molecule has 0 aliphatic heterocycles. The molecule has 0 saturated carbocycles. The monoisotopic (exact) mass is 413 g/mol. The molecule has 29 heavy (non-hydrogen) atoms. The topological polar surface area (TPSA) is 111 Å². The van der Waals surface area contributed by atoms with Gasteiger partial charge in [-0.2, -0.15) is 0 Å². The van der Waals surface area contributed by atoms with E-state index in [2.05, 4.69) is 15.6 Å². The number of nitrogens with one attached hydrogen (secondary N) is 2. The van der Waals surface area contributed by atoms with Gasteiger partial charge < -0.3 is 19.8 Å². The maximum absolute atomic E-state index is 12.2. The minimum Gasteiger partial charge on any atom is -0.459 e. The molecule has 1 atom stereocenters. The molecule has 0 fully saturated rings. The van der Waals surface area contributed by atoms with Gasteiger partial charge in [0.1, 0.15) is 5.82 Å². The highest BCUT2D eigenvalue weighted by Crippen LogP contribution is 2.14. The standard InChI is InChI=1S/C20H16ClN3O5/c1-12(18(25)24-17-9-6-14(21)11-22-17)29-20(27)13-4-7-15(8-5-13)23-19(26)16-3-2-10-28-16/h2-12H,1H3,(H,23,26)(H,22,24,25)/t12-/m0/s1. The summed E-state index contributed by atoms with van der Waals surface area (Å²) in [5, 5.41) is 5.60. The number of ether oxygens (including phenoxy) is 1. The maximum Gasteiger partial charge on any atom is 0.338 e. The van der Waals surface area contributed by atoms with Crippen LogP contribution in [0.15, 0.2) is 65.4 Å². The van der Waals surface area contributed by atoms with Gasteiger partial charge >= 0.3 is 5.97 Å². The van der Waals surface area contributed by atoms with Crippen LogP contribution in [-0.2, 0) is 9.53 Å². The fourth-order valence-electron chi connectivity index (χ4n) is 2.25. The minimum absolute atomic E-state index is 0.170. The molecule has 148 valence electrons. The van der Waals surface area contributed by atoms with Crippen molar-refractivity contribution in [1.82, 2.24) is 4.98 Å². The van der Waals surface area contributed by atoms with Crippen molar-refractivity contribution in [2.24, 2.45) is 0 Å². The van der Waals surface area contributed by atoms with E-state index >= 15 is 0 Å². The van der Waals surface area contributed by atoms with Crippen LogP contribution >= 0.6 is 11.6 Å². The average molecular weight is 414 g/mol. The molecule has 2 amide bonds. The van der Waals surface area contributed by atoms with Gasteiger partial charge in [0, 0.05) is 11.9 Å². The van der Waals surface area contributed by atoms with E-state index in [1.807, 2.05) is 0 Å². The number of nitrogens with zero attached hydrogens (tertiary/aromatic N) is 1. The highest BCUT2D eigenvalue weighted by Gasteiger charge is 2.19. The van der Waals surface area contributed by atoms with E-state index < -0.39 is 23.9 Å². The van der Waals surface area contributed by atoms with Crippen LogP contribution in [0.25, 0.3) is 0 Å². The molecule has 9 heteroatoms. The summed E-state index contributed by atoms with van der Waals surface area (Å²) < 4.78 is 10.2. The number of aromatic nitrogens is 1. The summed E-state index contributed by atoms with van der Waals surface area (Å²) in [6, 6.07) is 12.3. The van der Waals surface area contributed by atoms with Crippen LogP contribution in [0.3, 0.4) is 0 Å². The van der Waals surface area contributed by atoms with Gasteiger partial charge in [-0.3, -0.25) is 9.59 Å². The highest BCUT2D eigenvalue weighted by atomic mass is 35.5. The third-order valence-corrected chi connectivity index (χ3v) is 3.98. The molecule has 0 bridgehead atoms. The van der Waals surface area contributed by atoms with E-state index in [1.54, 1.807) is 24.3 Å². The van der Waals surface area contributed by atoms with Gasteiger partial charge in [-0.15, -0.1) is 0 Å². The summed E-state index contributed by atoms with van der Waals surface area (Å²) in [6.07, 6.45) is 1.74. The molecule has 0 aliphatic carbocycles. The molecule has 0 unspecified atom stereocenters. The van der Waals surface area contributed by atoms with Crippen molar-refractivity contribution in [3.05, 3.63) is 77.3 Å². The van der Waals surface area contributed by atoms with Crippen LogP contribution in [-0.4, -0.2) is 28.9 Å². The summed E-state index contributed by atoms with van der Waals surface area (Å²) in [5.41, 5.74) is 0.702. The van der Waals surface area contributed by atoms with Crippen LogP contribution in [0.1, 0.15) is 27.8 Å². The zero-order valence-electron chi connectivity index (χ0n) is 15.2. The van der Waals surface area contributed by atoms with Crippen LogP contribution in [0.4, 0.5) is 11.5 Å². The van der Waals surface area contributed by atoms with Gasteiger partial charge in [0.05, 0.1) is 16.8 Å². The van der Waals surface area contributed by atoms with Gasteiger partial charge in [0.15, 0.2) is 11.9 Å². The number of anilines is 2. The fourth-order valence-corrected chi connectivity index (χ4v) is 2.36. The third-order valence-electron chi connectivity index (χ3n) is 3.76. The van der Waals surface area contributed by atoms with Crippen LogP contribution in [0, 0.1) is 0 Å². The zero-order valence-corrected chi connectivity index (χ0v) is 16.0. The number of benzene rings is 1. The van der Waals surface area contributed by atoms with Crippen molar-refractivity contribution in [3.8, 4) is 0 Å². The Morgan fingerprint density at radius 1 is 1.07 bits per heavy atom. The van der Waals surface area contributed by atoms with E-state index in [-0.39, 0.29) is 11.3 Å². The summed E-state index contributed by atoms with van der Waals surface area (Å²) in [4.78, 5) is 40.2. The van der Waals surface area contributed by atoms with Gasteiger partial charge in [-0.1, -0.05) is 11.6 Å². The van der Waals surface area contributed by atoms with E-state index in [0.717, 1.165) is 0 Å². The molecule has 3 aromatic rings. The lowest BCUT2D eigenvalue weighted by molar-refractivity contribution is -0.123. The lowest BCUT2D eigenvalue weighted by atomic mass is 10.2. The van der Waals surface area contributed by atoms with Gasteiger partial charge in [-0.25, -0.2) is 9.78 Å². The Bertz CT molecular complexity index is 1000. The van der Waals surface area contributed by atoms with Gasteiger partial charge in [0.25, 0.3) is 11.8 Å². The SMILES string of the molecule is C[C@H](OC(=O)c1ccc(NC(=O)c2ccco2)cc1)C(=O)Nc1ccc(Cl)cn1. The van der Waals surface area contributed by atoms with Crippen LogP contribution in [0.2, 0.25) is 5.02 Å². The van der Waals surface area contributed by atoms with Crippen molar-refractivity contribution < 1.29 is 23.5 Å². The summed E-state index contributed by atoms with van der Waals surface area (Å²) in [6.45, 7) is 1.45. The predicted molar refractivity (Wildman–Crippen MR) is 106 cm³/mol. The van der Waals surface area contributed by atoms with E-state index in [1.165, 1.54) is 43.6 Å². The average Bonchev–Trinajstić information content (AvgIpc) is 3.25. The Hall–Kier alpha value is -3.65. The van der Waals surface area contributed by atoms with Crippen LogP contribution in [0.5, 0.6) is 0 Å². The molecule has 1 aromatic carbocycles. The molecule has 2 aromatic heterocycles. The summed E-state index contributed by atoms with van der Waals surface area (Å²) in [7, 11) is 0. The first-order valence-electron chi connectivity index (χ1n) is 8.50. The number of carbonyl (C=O) groups excluding carboxylic acids is 3. The number of esters is 1. The molecule has 0 saturated heterocycles. The normalized spacial score (nSPS) is 11.4. The fraction of sp³-hybridized carbons (Fsp3) is 0.100. The molecule has 0 aliphatic rings. The smallest absolute Gasteiger partial charge is 0.338 e. The summed E-state index contributed by atoms with van der Waals surface area (Å²) >= 11 is 5.74. The molecule has 3 rings (SSSR count). The first-order valence-corrected chi connectivity index (χ1v) is 8.88. The minimum atomic E-state index is -1.04. The first kappa shape index (κ1) is 20.1. The Kier molecular flexibility index (Phi) is 6.25. The third kappa shape index (κ3) is 5.43. The lowest BCUT2D eigenvalue weighted by Gasteiger charge is -2.13. The van der Waals surface area contributed by atoms with Gasteiger partial charge in [-0.05, 0) is 55.5 Å². The molecule has 0 radical (unpaired) electrons. The number of amides is 2. The summed E-state index contributed by atoms with van der Waals surface area (Å²) in [5.74, 6) is -1.16. The first-order chi connectivity index (χ1) is 13.9. The van der Waals surface area contributed by atoms with Crippen molar-refractivity contribution in [2.45, 2.75) is 13.0 Å².